The maximum atomic E-state index is 13.1. The zero-order valence-electron chi connectivity index (χ0n) is 7.74. The molecule has 0 aliphatic heterocycles. The summed E-state index contributed by atoms with van der Waals surface area (Å²) in [6, 6.07) is 2.70. The Morgan fingerprint density at radius 1 is 1.50 bits per heavy atom. The number of nitro benzene ring substituents is 1. The van der Waals surface area contributed by atoms with Gasteiger partial charge in [0.15, 0.2) is 0 Å². The van der Waals surface area contributed by atoms with E-state index >= 15 is 0 Å². The maximum Gasteiger partial charge on any atom is 0.469 e. The first-order chi connectivity index (χ1) is 7.29. The van der Waals surface area contributed by atoms with Crippen molar-refractivity contribution in [3.63, 3.8) is 0 Å². The van der Waals surface area contributed by atoms with Crippen LogP contribution in [0.15, 0.2) is 18.2 Å². The quantitative estimate of drug-likeness (QED) is 0.474. The van der Waals surface area contributed by atoms with Gasteiger partial charge >= 0.3 is 7.82 Å². The molecular weight excluding hydrogens is 244 g/mol. The first kappa shape index (κ1) is 12.7. The highest BCUT2D eigenvalue weighted by Gasteiger charge is 2.16. The van der Waals surface area contributed by atoms with Crippen molar-refractivity contribution >= 4 is 13.5 Å². The number of halogens is 1. The first-order valence-corrected chi connectivity index (χ1v) is 5.45. The van der Waals surface area contributed by atoms with Crippen LogP contribution in [0.5, 0.6) is 0 Å². The molecule has 1 aromatic rings. The Balaban J connectivity index is 2.84. The largest absolute Gasteiger partial charge is 0.469 e. The van der Waals surface area contributed by atoms with Gasteiger partial charge in [0.25, 0.3) is 5.69 Å². The van der Waals surface area contributed by atoms with Crippen LogP contribution in [0.3, 0.4) is 0 Å². The van der Waals surface area contributed by atoms with Gasteiger partial charge in [-0.15, -0.1) is 0 Å². The number of nitrogens with zero attached hydrogens (tertiary/aromatic N) is 1. The van der Waals surface area contributed by atoms with E-state index in [1.807, 2.05) is 0 Å². The van der Waals surface area contributed by atoms with Crippen LogP contribution < -0.4 is 0 Å². The Morgan fingerprint density at radius 2 is 2.12 bits per heavy atom. The van der Waals surface area contributed by atoms with Gasteiger partial charge in [0.1, 0.15) is 5.82 Å². The van der Waals surface area contributed by atoms with E-state index < -0.39 is 30.9 Å². The molecule has 0 aromatic heterocycles. The normalized spacial score (nSPS) is 11.4. The summed E-state index contributed by atoms with van der Waals surface area (Å²) in [5, 5.41) is 10.3. The summed E-state index contributed by atoms with van der Waals surface area (Å²) in [7, 11) is -4.68. The summed E-state index contributed by atoms with van der Waals surface area (Å²) in [4.78, 5) is 26.2. The van der Waals surface area contributed by atoms with Crippen molar-refractivity contribution in [2.45, 2.75) is 6.61 Å². The predicted octanol–water partition coefficient (Wildman–Crippen LogP) is 1.34. The van der Waals surface area contributed by atoms with E-state index in [0.717, 1.165) is 12.1 Å². The van der Waals surface area contributed by atoms with Crippen LogP contribution in [-0.2, 0) is 15.7 Å². The second kappa shape index (κ2) is 4.67. The minimum atomic E-state index is -4.68. The van der Waals surface area contributed by atoms with Crippen molar-refractivity contribution in [3.05, 3.63) is 39.7 Å². The molecule has 0 saturated heterocycles. The molecule has 0 atom stereocenters. The van der Waals surface area contributed by atoms with E-state index in [4.69, 9.17) is 9.79 Å². The van der Waals surface area contributed by atoms with Crippen LogP contribution in [0.25, 0.3) is 0 Å². The summed E-state index contributed by atoms with van der Waals surface area (Å²) < 4.78 is 27.5. The molecule has 0 heterocycles. The van der Waals surface area contributed by atoms with Crippen molar-refractivity contribution < 1.29 is 28.2 Å². The lowest BCUT2D eigenvalue weighted by Gasteiger charge is -2.05. The third-order valence-electron chi connectivity index (χ3n) is 1.64. The fourth-order valence-electron chi connectivity index (χ4n) is 0.920. The van der Waals surface area contributed by atoms with E-state index in [1.165, 1.54) is 0 Å². The van der Waals surface area contributed by atoms with Crippen LogP contribution >= 0.6 is 7.82 Å². The highest BCUT2D eigenvalue weighted by atomic mass is 31.2. The number of benzene rings is 1. The van der Waals surface area contributed by atoms with E-state index in [9.17, 15) is 19.1 Å². The predicted molar refractivity (Wildman–Crippen MR) is 49.9 cm³/mol. The molecule has 0 bridgehead atoms. The monoisotopic (exact) mass is 251 g/mol. The number of phosphoric acid groups is 1. The fraction of sp³-hybridized carbons (Fsp3) is 0.143. The van der Waals surface area contributed by atoms with E-state index in [2.05, 4.69) is 4.52 Å². The standard InChI is InChI=1S/C7H7FNO6P/c8-7-3-6(9(10)11)2-1-5(7)4-15-16(12,13)14/h1-3H,4H2,(H2,12,13,14). The molecule has 0 amide bonds. The van der Waals surface area contributed by atoms with Crippen molar-refractivity contribution in [1.29, 1.82) is 0 Å². The smallest absolute Gasteiger partial charge is 0.303 e. The van der Waals surface area contributed by atoms with Gasteiger partial charge in [-0.3, -0.25) is 14.6 Å². The highest BCUT2D eigenvalue weighted by Crippen LogP contribution is 2.37. The molecule has 0 aliphatic carbocycles. The van der Waals surface area contributed by atoms with Gasteiger partial charge in [-0.1, -0.05) is 0 Å². The Kier molecular flexibility index (Phi) is 3.71. The lowest BCUT2D eigenvalue weighted by molar-refractivity contribution is -0.385. The van der Waals surface area contributed by atoms with Crippen LogP contribution in [-0.4, -0.2) is 14.7 Å². The second-order valence-corrected chi connectivity index (χ2v) is 4.04. The molecule has 0 aliphatic rings. The van der Waals surface area contributed by atoms with Gasteiger partial charge in [-0.05, 0) is 6.07 Å². The molecule has 0 unspecified atom stereocenters. The van der Waals surface area contributed by atoms with E-state index in [-0.39, 0.29) is 5.56 Å². The lowest BCUT2D eigenvalue weighted by Crippen LogP contribution is -1.96. The SMILES string of the molecule is O=[N+]([O-])c1ccc(COP(=O)(O)O)c(F)c1. The molecule has 0 fully saturated rings. The average Bonchev–Trinajstić information content (AvgIpc) is 2.14. The van der Waals surface area contributed by atoms with Crippen LogP contribution in [0, 0.1) is 15.9 Å². The molecule has 0 spiro atoms. The second-order valence-electron chi connectivity index (χ2n) is 2.80. The van der Waals surface area contributed by atoms with Crippen molar-refractivity contribution in [1.82, 2.24) is 0 Å². The molecule has 16 heavy (non-hydrogen) atoms. The number of hydrogen-bond donors (Lipinski definition) is 2. The van der Waals surface area contributed by atoms with Gasteiger partial charge < -0.3 is 9.79 Å². The Bertz CT molecular complexity index is 458. The molecular formula is C7H7FNO6P. The summed E-state index contributed by atoms with van der Waals surface area (Å²) in [6.07, 6.45) is 0. The molecule has 1 rings (SSSR count). The molecule has 0 saturated carbocycles. The van der Waals surface area contributed by atoms with Crippen molar-refractivity contribution in [2.24, 2.45) is 0 Å². The van der Waals surface area contributed by atoms with Gasteiger partial charge in [0, 0.05) is 11.6 Å². The first-order valence-electron chi connectivity index (χ1n) is 3.92. The summed E-state index contributed by atoms with van der Waals surface area (Å²) in [5.41, 5.74) is -0.619. The van der Waals surface area contributed by atoms with Gasteiger partial charge in [-0.25, -0.2) is 8.96 Å². The number of non-ortho nitro benzene ring substituents is 1. The maximum absolute atomic E-state index is 13.1. The fourth-order valence-corrected chi connectivity index (χ4v) is 1.23. The molecule has 1 aromatic carbocycles. The molecule has 2 N–H and O–H groups in total. The topological polar surface area (TPSA) is 110 Å². The third-order valence-corrected chi connectivity index (χ3v) is 2.10. The zero-order chi connectivity index (χ0) is 12.3. The molecule has 9 heteroatoms. The zero-order valence-corrected chi connectivity index (χ0v) is 8.63. The Hall–Kier alpha value is -1.34. The van der Waals surface area contributed by atoms with Gasteiger partial charge in [0.2, 0.25) is 0 Å². The molecule has 88 valence electrons. The summed E-state index contributed by atoms with van der Waals surface area (Å²) in [6.45, 7) is -0.659. The third kappa shape index (κ3) is 3.67. The average molecular weight is 251 g/mol. The molecule has 7 nitrogen and oxygen atoms in total. The molecule has 0 radical (unpaired) electrons. The van der Waals surface area contributed by atoms with E-state index in [1.54, 1.807) is 0 Å². The Morgan fingerprint density at radius 3 is 2.56 bits per heavy atom. The summed E-state index contributed by atoms with van der Waals surface area (Å²) >= 11 is 0. The van der Waals surface area contributed by atoms with Crippen LogP contribution in [0.1, 0.15) is 5.56 Å². The lowest BCUT2D eigenvalue weighted by atomic mass is 10.2. The van der Waals surface area contributed by atoms with Gasteiger partial charge in [0.05, 0.1) is 17.6 Å². The van der Waals surface area contributed by atoms with Crippen molar-refractivity contribution in [3.8, 4) is 0 Å². The van der Waals surface area contributed by atoms with Gasteiger partial charge in [-0.2, -0.15) is 0 Å². The number of rotatable bonds is 4. The van der Waals surface area contributed by atoms with Crippen LogP contribution in [0.2, 0.25) is 0 Å². The summed E-state index contributed by atoms with van der Waals surface area (Å²) in [5.74, 6) is -0.956. The minimum Gasteiger partial charge on any atom is -0.303 e. The van der Waals surface area contributed by atoms with Crippen molar-refractivity contribution in [2.75, 3.05) is 0 Å². The number of phosphoric ester groups is 1. The highest BCUT2D eigenvalue weighted by molar-refractivity contribution is 7.46. The van der Waals surface area contributed by atoms with E-state index in [0.29, 0.717) is 6.07 Å². The Labute approximate surface area is 88.9 Å². The van der Waals surface area contributed by atoms with Crippen LogP contribution in [0.4, 0.5) is 10.1 Å². The minimum absolute atomic E-state index is 0.172. The number of nitro groups is 1. The number of hydrogen-bond acceptors (Lipinski definition) is 4.